The van der Waals surface area contributed by atoms with Crippen molar-refractivity contribution >= 4 is 22.6 Å². The Morgan fingerprint density at radius 1 is 1.17 bits per heavy atom. The Labute approximate surface area is 163 Å². The molecule has 1 aliphatic heterocycles. The third-order valence-corrected chi connectivity index (χ3v) is 4.80. The molecule has 0 unspecified atom stereocenters. The standard InChI is InChI=1S/C20H16F3N3O3/c1-11-17(14-4-2-3-5-15(14)25-11)18(27)19(28)26-9-13(10-26)29-16-7-6-12(8-24-16)20(21,22)23/h2-8,13,25H,9-10H2,1H3. The second-order valence-electron chi connectivity index (χ2n) is 6.83. The number of likely N-dealkylation sites (tertiary alicyclic amines) is 1. The summed E-state index contributed by atoms with van der Waals surface area (Å²) in [6.45, 7) is 2.06. The molecule has 1 saturated heterocycles. The van der Waals surface area contributed by atoms with Crippen LogP contribution in [0.3, 0.4) is 0 Å². The van der Waals surface area contributed by atoms with E-state index in [4.69, 9.17) is 4.74 Å². The fourth-order valence-electron chi connectivity index (χ4n) is 3.29. The van der Waals surface area contributed by atoms with Crippen molar-refractivity contribution in [3.63, 3.8) is 0 Å². The fraction of sp³-hybridized carbons (Fsp3) is 0.250. The number of aromatic amines is 1. The summed E-state index contributed by atoms with van der Waals surface area (Å²) in [7, 11) is 0. The average Bonchev–Trinajstić information content (AvgIpc) is 2.98. The van der Waals surface area contributed by atoms with E-state index in [9.17, 15) is 22.8 Å². The van der Waals surface area contributed by atoms with Crippen molar-refractivity contribution in [1.29, 1.82) is 0 Å². The molecule has 150 valence electrons. The lowest BCUT2D eigenvalue weighted by atomic mass is 10.0. The molecule has 0 radical (unpaired) electrons. The summed E-state index contributed by atoms with van der Waals surface area (Å²) >= 11 is 0. The van der Waals surface area contributed by atoms with Gasteiger partial charge in [-0.2, -0.15) is 13.2 Å². The second kappa shape index (κ2) is 6.91. The summed E-state index contributed by atoms with van der Waals surface area (Å²) in [5.74, 6) is -1.21. The molecule has 3 aromatic rings. The number of rotatable bonds is 4. The van der Waals surface area contributed by atoms with E-state index in [1.54, 1.807) is 19.1 Å². The summed E-state index contributed by atoms with van der Waals surface area (Å²) in [6, 6.07) is 9.25. The Morgan fingerprint density at radius 3 is 2.55 bits per heavy atom. The minimum Gasteiger partial charge on any atom is -0.471 e. The Balaban J connectivity index is 1.39. The van der Waals surface area contributed by atoms with Crippen molar-refractivity contribution in [2.45, 2.75) is 19.2 Å². The number of nitrogens with zero attached hydrogens (tertiary/aromatic N) is 2. The van der Waals surface area contributed by atoms with Crippen LogP contribution in [0.1, 0.15) is 21.6 Å². The third-order valence-electron chi connectivity index (χ3n) is 4.80. The van der Waals surface area contributed by atoms with Crippen LogP contribution in [0.4, 0.5) is 13.2 Å². The van der Waals surface area contributed by atoms with Gasteiger partial charge in [0, 0.05) is 28.9 Å². The highest BCUT2D eigenvalue weighted by Gasteiger charge is 2.37. The summed E-state index contributed by atoms with van der Waals surface area (Å²) in [5, 5.41) is 0.686. The quantitative estimate of drug-likeness (QED) is 0.536. The lowest BCUT2D eigenvalue weighted by Gasteiger charge is -2.38. The molecule has 1 fully saturated rings. The number of H-pyrrole nitrogens is 1. The number of nitrogens with one attached hydrogen (secondary N) is 1. The number of aryl methyl sites for hydroxylation is 1. The number of carbonyl (C=O) groups excluding carboxylic acids is 2. The molecule has 0 bridgehead atoms. The van der Waals surface area contributed by atoms with Crippen molar-refractivity contribution in [2.24, 2.45) is 0 Å². The lowest BCUT2D eigenvalue weighted by Crippen LogP contribution is -2.58. The Kier molecular flexibility index (Phi) is 4.52. The van der Waals surface area contributed by atoms with Gasteiger partial charge in [-0.15, -0.1) is 0 Å². The highest BCUT2D eigenvalue weighted by molar-refractivity contribution is 6.45. The van der Waals surface area contributed by atoms with Gasteiger partial charge in [0.15, 0.2) is 0 Å². The maximum absolute atomic E-state index is 12.7. The number of pyridine rings is 1. The molecule has 1 amide bonds. The molecule has 1 aromatic carbocycles. The molecule has 6 nitrogen and oxygen atoms in total. The van der Waals surface area contributed by atoms with E-state index < -0.39 is 29.5 Å². The first-order valence-corrected chi connectivity index (χ1v) is 8.85. The number of amides is 1. The fourth-order valence-corrected chi connectivity index (χ4v) is 3.29. The summed E-state index contributed by atoms with van der Waals surface area (Å²) in [4.78, 5) is 33.3. The van der Waals surface area contributed by atoms with E-state index in [1.165, 1.54) is 4.90 Å². The topological polar surface area (TPSA) is 75.3 Å². The Bertz CT molecular complexity index is 1080. The van der Waals surface area contributed by atoms with Crippen molar-refractivity contribution in [3.8, 4) is 5.88 Å². The minimum absolute atomic E-state index is 0.0360. The van der Waals surface area contributed by atoms with E-state index in [-0.39, 0.29) is 19.0 Å². The number of alkyl halides is 3. The average molecular weight is 403 g/mol. The number of benzene rings is 1. The van der Waals surface area contributed by atoms with Gasteiger partial charge in [0.2, 0.25) is 5.88 Å². The zero-order chi connectivity index (χ0) is 20.8. The molecular formula is C20H16F3N3O3. The maximum Gasteiger partial charge on any atom is 0.417 e. The van der Waals surface area contributed by atoms with Gasteiger partial charge in [0.1, 0.15) is 6.10 Å². The molecule has 1 N–H and O–H groups in total. The van der Waals surface area contributed by atoms with E-state index in [2.05, 4.69) is 9.97 Å². The number of ether oxygens (including phenoxy) is 1. The zero-order valence-corrected chi connectivity index (χ0v) is 15.3. The number of halogens is 3. The van der Waals surface area contributed by atoms with Crippen LogP contribution in [-0.4, -0.2) is 45.8 Å². The number of Topliss-reactive ketones (excluding diaryl/α,β-unsaturated/α-hetero) is 1. The SMILES string of the molecule is Cc1[nH]c2ccccc2c1C(=O)C(=O)N1CC(Oc2ccc(C(F)(F)F)cn2)C1. The number of hydrogen-bond donors (Lipinski definition) is 1. The van der Waals surface area contributed by atoms with Gasteiger partial charge in [-0.05, 0) is 19.1 Å². The van der Waals surface area contributed by atoms with Crippen LogP contribution in [0, 0.1) is 6.92 Å². The first-order valence-electron chi connectivity index (χ1n) is 8.85. The molecule has 3 heterocycles. The van der Waals surface area contributed by atoms with Crippen LogP contribution in [0.15, 0.2) is 42.6 Å². The van der Waals surface area contributed by atoms with Crippen molar-refractivity contribution in [1.82, 2.24) is 14.9 Å². The highest BCUT2D eigenvalue weighted by atomic mass is 19.4. The van der Waals surface area contributed by atoms with Gasteiger partial charge in [0.25, 0.3) is 11.7 Å². The summed E-state index contributed by atoms with van der Waals surface area (Å²) < 4.78 is 43.1. The maximum atomic E-state index is 12.7. The molecule has 29 heavy (non-hydrogen) atoms. The second-order valence-corrected chi connectivity index (χ2v) is 6.83. The summed E-state index contributed by atoms with van der Waals surface area (Å²) in [5.41, 5.74) is 0.875. The van der Waals surface area contributed by atoms with Gasteiger partial charge in [-0.3, -0.25) is 9.59 Å². The molecule has 0 saturated carbocycles. The zero-order valence-electron chi connectivity index (χ0n) is 15.3. The molecule has 9 heteroatoms. The van der Waals surface area contributed by atoms with E-state index >= 15 is 0 Å². The lowest BCUT2D eigenvalue weighted by molar-refractivity contribution is -0.138. The van der Waals surface area contributed by atoms with Crippen LogP contribution in [-0.2, 0) is 11.0 Å². The molecule has 4 rings (SSSR count). The molecule has 0 aliphatic carbocycles. The molecule has 0 atom stereocenters. The van der Waals surface area contributed by atoms with Gasteiger partial charge < -0.3 is 14.6 Å². The number of para-hydroxylation sites is 1. The van der Waals surface area contributed by atoms with Crippen molar-refractivity contribution in [2.75, 3.05) is 13.1 Å². The smallest absolute Gasteiger partial charge is 0.417 e. The van der Waals surface area contributed by atoms with Crippen LogP contribution < -0.4 is 4.74 Å². The van der Waals surface area contributed by atoms with Crippen molar-refractivity contribution < 1.29 is 27.5 Å². The first-order chi connectivity index (χ1) is 13.7. The van der Waals surface area contributed by atoms with Gasteiger partial charge >= 0.3 is 6.18 Å². The molecule has 1 aliphatic rings. The van der Waals surface area contributed by atoms with Gasteiger partial charge in [0.05, 0.1) is 24.2 Å². The van der Waals surface area contributed by atoms with E-state index in [0.29, 0.717) is 22.8 Å². The van der Waals surface area contributed by atoms with E-state index in [0.717, 1.165) is 17.6 Å². The largest absolute Gasteiger partial charge is 0.471 e. The number of carbonyl (C=O) groups is 2. The predicted octanol–water partition coefficient (Wildman–Crippen LogP) is 3.36. The monoisotopic (exact) mass is 403 g/mol. The molecular weight excluding hydrogens is 387 g/mol. The predicted molar refractivity (Wildman–Crippen MR) is 97.6 cm³/mol. The number of fused-ring (bicyclic) bond motifs is 1. The van der Waals surface area contributed by atoms with Crippen LogP contribution in [0.25, 0.3) is 10.9 Å². The minimum atomic E-state index is -4.47. The third kappa shape index (κ3) is 3.55. The Hall–Kier alpha value is -3.36. The Morgan fingerprint density at radius 2 is 1.90 bits per heavy atom. The van der Waals surface area contributed by atoms with Gasteiger partial charge in [-0.1, -0.05) is 18.2 Å². The number of ketones is 1. The number of aromatic nitrogens is 2. The summed E-state index contributed by atoms with van der Waals surface area (Å²) in [6.07, 6.45) is -4.20. The van der Waals surface area contributed by atoms with E-state index in [1.807, 2.05) is 12.1 Å². The normalized spacial score (nSPS) is 14.7. The highest BCUT2D eigenvalue weighted by Crippen LogP contribution is 2.30. The molecule has 2 aromatic heterocycles. The van der Waals surface area contributed by atoms with Crippen molar-refractivity contribution in [3.05, 3.63) is 59.4 Å². The van der Waals surface area contributed by atoms with Crippen LogP contribution >= 0.6 is 0 Å². The van der Waals surface area contributed by atoms with Crippen LogP contribution in [0.2, 0.25) is 0 Å². The van der Waals surface area contributed by atoms with Gasteiger partial charge in [-0.25, -0.2) is 4.98 Å². The molecule has 0 spiro atoms. The first kappa shape index (κ1) is 19.0. The van der Waals surface area contributed by atoms with Crippen LogP contribution in [0.5, 0.6) is 5.88 Å². The number of hydrogen-bond acceptors (Lipinski definition) is 4.